The second-order valence-corrected chi connectivity index (χ2v) is 7.46. The van der Waals surface area contributed by atoms with Crippen LogP contribution in [0.4, 0.5) is 5.69 Å². The van der Waals surface area contributed by atoms with Crippen LogP contribution in [0.1, 0.15) is 61.4 Å². The van der Waals surface area contributed by atoms with E-state index < -0.39 is 0 Å². The van der Waals surface area contributed by atoms with Crippen LogP contribution in [0, 0.1) is 11.8 Å². The average molecular weight is 354 g/mol. The van der Waals surface area contributed by atoms with E-state index in [1.807, 2.05) is 31.2 Å². The highest BCUT2D eigenvalue weighted by atomic mass is 16.2. The number of anilines is 1. The molecule has 6 heteroatoms. The lowest BCUT2D eigenvalue weighted by atomic mass is 10.1. The molecule has 2 aromatic rings. The van der Waals surface area contributed by atoms with E-state index in [1.165, 1.54) is 0 Å². The van der Waals surface area contributed by atoms with Crippen molar-refractivity contribution >= 4 is 17.5 Å². The second kappa shape index (κ2) is 7.72. The fraction of sp³-hybridized carbons (Fsp3) is 0.450. The van der Waals surface area contributed by atoms with E-state index in [0.717, 1.165) is 36.2 Å². The van der Waals surface area contributed by atoms with Crippen molar-refractivity contribution in [2.24, 2.45) is 11.8 Å². The molecule has 3 N–H and O–H groups in total. The zero-order chi connectivity index (χ0) is 18.7. The van der Waals surface area contributed by atoms with Gasteiger partial charge in [0.15, 0.2) is 0 Å². The number of nitrogens with one attached hydrogen (secondary N) is 3. The van der Waals surface area contributed by atoms with Gasteiger partial charge in [0.1, 0.15) is 5.69 Å². The van der Waals surface area contributed by atoms with Crippen LogP contribution in [0.25, 0.3) is 0 Å². The molecule has 0 aliphatic heterocycles. The summed E-state index contributed by atoms with van der Waals surface area (Å²) in [5.41, 5.74) is 3.13. The number of benzene rings is 1. The summed E-state index contributed by atoms with van der Waals surface area (Å²) in [6.45, 7) is 6.18. The Labute approximate surface area is 153 Å². The van der Waals surface area contributed by atoms with Crippen LogP contribution in [-0.2, 0) is 11.2 Å². The van der Waals surface area contributed by atoms with Crippen molar-refractivity contribution in [1.29, 1.82) is 0 Å². The predicted molar refractivity (Wildman–Crippen MR) is 101 cm³/mol. The summed E-state index contributed by atoms with van der Waals surface area (Å²) in [4.78, 5) is 24.2. The van der Waals surface area contributed by atoms with Crippen LogP contribution in [0.3, 0.4) is 0 Å². The highest BCUT2D eigenvalue weighted by molar-refractivity contribution is 5.94. The molecule has 0 radical (unpaired) electrons. The number of nitrogens with zero attached hydrogens (tertiary/aromatic N) is 1. The number of carbonyl (C=O) groups excluding carboxylic acids is 2. The largest absolute Gasteiger partial charge is 0.344 e. The molecule has 3 rings (SSSR count). The molecule has 6 nitrogen and oxygen atoms in total. The van der Waals surface area contributed by atoms with E-state index in [-0.39, 0.29) is 23.8 Å². The molecule has 1 aromatic carbocycles. The first-order valence-electron chi connectivity index (χ1n) is 9.18. The summed E-state index contributed by atoms with van der Waals surface area (Å²) in [5, 5.41) is 12.9. The second-order valence-electron chi connectivity index (χ2n) is 7.46. The van der Waals surface area contributed by atoms with Crippen molar-refractivity contribution in [1.82, 2.24) is 15.5 Å². The van der Waals surface area contributed by atoms with Gasteiger partial charge in [-0.25, -0.2) is 0 Å². The van der Waals surface area contributed by atoms with Crippen LogP contribution in [0.5, 0.6) is 0 Å². The minimum absolute atomic E-state index is 0.0924. The molecule has 1 aliphatic rings. The SMILES string of the molecule is CC(C)Cc1cc(C(=O)NC(C)c2ccc(NC(=O)C3CC3)cc2)n[nH]1. The Hall–Kier alpha value is -2.63. The number of H-pyrrole nitrogens is 1. The lowest BCUT2D eigenvalue weighted by Gasteiger charge is -2.14. The molecule has 1 unspecified atom stereocenters. The number of hydrogen-bond acceptors (Lipinski definition) is 3. The molecule has 138 valence electrons. The van der Waals surface area contributed by atoms with Gasteiger partial charge in [-0.05, 0) is 55.9 Å². The molecule has 0 bridgehead atoms. The number of carbonyl (C=O) groups is 2. The number of aromatic nitrogens is 2. The van der Waals surface area contributed by atoms with Crippen LogP contribution >= 0.6 is 0 Å². The Kier molecular flexibility index (Phi) is 5.40. The van der Waals surface area contributed by atoms with Crippen molar-refractivity contribution in [3.05, 3.63) is 47.3 Å². The van der Waals surface area contributed by atoms with Crippen molar-refractivity contribution in [2.75, 3.05) is 5.32 Å². The van der Waals surface area contributed by atoms with Gasteiger partial charge in [-0.15, -0.1) is 0 Å². The normalized spacial score (nSPS) is 14.9. The third kappa shape index (κ3) is 4.71. The molecule has 26 heavy (non-hydrogen) atoms. The predicted octanol–water partition coefficient (Wildman–Crippen LogP) is 3.45. The lowest BCUT2D eigenvalue weighted by Crippen LogP contribution is -2.27. The zero-order valence-corrected chi connectivity index (χ0v) is 15.5. The van der Waals surface area contributed by atoms with Crippen molar-refractivity contribution in [3.63, 3.8) is 0 Å². The number of hydrogen-bond donors (Lipinski definition) is 3. The number of amides is 2. The van der Waals surface area contributed by atoms with E-state index in [9.17, 15) is 9.59 Å². The van der Waals surface area contributed by atoms with Gasteiger partial charge >= 0.3 is 0 Å². The van der Waals surface area contributed by atoms with Crippen molar-refractivity contribution in [3.8, 4) is 0 Å². The highest BCUT2D eigenvalue weighted by Crippen LogP contribution is 2.30. The molecule has 1 atom stereocenters. The van der Waals surface area contributed by atoms with Crippen LogP contribution in [0.15, 0.2) is 30.3 Å². The molecule has 1 saturated carbocycles. The third-order valence-corrected chi connectivity index (χ3v) is 4.47. The highest BCUT2D eigenvalue weighted by Gasteiger charge is 2.29. The van der Waals surface area contributed by atoms with E-state index >= 15 is 0 Å². The van der Waals surface area contributed by atoms with Crippen LogP contribution < -0.4 is 10.6 Å². The average Bonchev–Trinajstić information content (AvgIpc) is 3.35. The van der Waals surface area contributed by atoms with Gasteiger partial charge in [-0.2, -0.15) is 5.10 Å². The minimum atomic E-state index is -0.199. The monoisotopic (exact) mass is 354 g/mol. The van der Waals surface area contributed by atoms with E-state index in [4.69, 9.17) is 0 Å². The van der Waals surface area contributed by atoms with Crippen molar-refractivity contribution < 1.29 is 9.59 Å². The summed E-state index contributed by atoms with van der Waals surface area (Å²) < 4.78 is 0. The molecular formula is C20H26N4O2. The number of rotatable bonds is 7. The molecule has 1 aliphatic carbocycles. The van der Waals surface area contributed by atoms with E-state index in [1.54, 1.807) is 6.07 Å². The molecule has 1 heterocycles. The van der Waals surface area contributed by atoms with E-state index in [2.05, 4.69) is 34.7 Å². The first kappa shape index (κ1) is 18.2. The van der Waals surface area contributed by atoms with Crippen molar-refractivity contribution in [2.45, 2.75) is 46.1 Å². The Balaban J connectivity index is 1.56. The standard InChI is InChI=1S/C20H26N4O2/c1-12(2)10-17-11-18(24-23-17)20(26)21-13(3)14-6-8-16(9-7-14)22-19(25)15-4-5-15/h6-9,11-13,15H,4-5,10H2,1-3H3,(H,21,26)(H,22,25)(H,23,24). The first-order valence-corrected chi connectivity index (χ1v) is 9.18. The molecular weight excluding hydrogens is 328 g/mol. The maximum atomic E-state index is 12.4. The summed E-state index contributed by atoms with van der Waals surface area (Å²) >= 11 is 0. The molecule has 0 spiro atoms. The minimum Gasteiger partial charge on any atom is -0.344 e. The fourth-order valence-corrected chi connectivity index (χ4v) is 2.82. The topological polar surface area (TPSA) is 86.9 Å². The maximum absolute atomic E-state index is 12.4. The Morgan fingerprint density at radius 1 is 1.19 bits per heavy atom. The summed E-state index contributed by atoms with van der Waals surface area (Å²) in [6, 6.07) is 9.23. The Morgan fingerprint density at radius 3 is 2.50 bits per heavy atom. The molecule has 0 saturated heterocycles. The van der Waals surface area contributed by atoms with Gasteiger partial charge < -0.3 is 10.6 Å². The van der Waals surface area contributed by atoms with Gasteiger partial charge in [-0.1, -0.05) is 26.0 Å². The molecule has 2 amide bonds. The van der Waals surface area contributed by atoms with Gasteiger partial charge in [-0.3, -0.25) is 14.7 Å². The smallest absolute Gasteiger partial charge is 0.272 e. The van der Waals surface area contributed by atoms with E-state index in [0.29, 0.717) is 11.6 Å². The van der Waals surface area contributed by atoms with Gasteiger partial charge in [0.25, 0.3) is 5.91 Å². The Morgan fingerprint density at radius 2 is 1.88 bits per heavy atom. The fourth-order valence-electron chi connectivity index (χ4n) is 2.82. The maximum Gasteiger partial charge on any atom is 0.272 e. The van der Waals surface area contributed by atoms with Crippen LogP contribution in [-0.4, -0.2) is 22.0 Å². The zero-order valence-electron chi connectivity index (χ0n) is 15.5. The van der Waals surface area contributed by atoms with Gasteiger partial charge in [0, 0.05) is 17.3 Å². The summed E-state index contributed by atoms with van der Waals surface area (Å²) in [7, 11) is 0. The third-order valence-electron chi connectivity index (χ3n) is 4.47. The number of aromatic amines is 1. The van der Waals surface area contributed by atoms with Gasteiger partial charge in [0.2, 0.25) is 5.91 Å². The van der Waals surface area contributed by atoms with Crippen LogP contribution in [0.2, 0.25) is 0 Å². The van der Waals surface area contributed by atoms with Gasteiger partial charge in [0.05, 0.1) is 6.04 Å². The first-order chi connectivity index (χ1) is 12.4. The summed E-state index contributed by atoms with van der Waals surface area (Å²) in [5.74, 6) is 0.580. The lowest BCUT2D eigenvalue weighted by molar-refractivity contribution is -0.117. The quantitative estimate of drug-likeness (QED) is 0.712. The summed E-state index contributed by atoms with van der Waals surface area (Å²) in [6.07, 6.45) is 2.84. The Bertz CT molecular complexity index is 775. The molecule has 1 fully saturated rings. The molecule has 1 aromatic heterocycles.